The fraction of sp³-hybridized carbons (Fsp3) is 0.867. The Labute approximate surface area is 540 Å². The van der Waals surface area contributed by atoms with E-state index in [0.29, 0.717) is 5.06 Å². The summed E-state index contributed by atoms with van der Waals surface area (Å²) >= 11 is 0. The molecule has 1 N–H and O–H groups in total. The fourth-order valence-electron chi connectivity index (χ4n) is 13.8. The minimum absolute atomic E-state index is 0.0462. The molecule has 23 heterocycles. The van der Waals surface area contributed by atoms with Gasteiger partial charge in [-0.2, -0.15) is 0 Å². The number of rotatable bonds is 24. The lowest BCUT2D eigenvalue weighted by atomic mass is 9.94. The lowest BCUT2D eigenvalue weighted by Gasteiger charge is -2.53. The number of ether oxygens (including phenoxy) is 28. The molecule has 22 saturated heterocycles. The Morgan fingerprint density at radius 1 is 0.301 bits per heavy atom. The van der Waals surface area contributed by atoms with E-state index in [1.807, 2.05) is 0 Å². The van der Waals surface area contributed by atoms with Gasteiger partial charge in [-0.05, 0) is 12.1 Å². The number of aliphatic hydroxyl groups excluding tert-OH is 1. The molecule has 22 fully saturated rings. The van der Waals surface area contributed by atoms with Crippen LogP contribution < -0.4 is 0 Å². The normalized spacial score (nSPS) is 43.4. The first kappa shape index (κ1) is 74.4. The number of carbonyl (C=O) groups is 2. The molecule has 33 heteroatoms. The van der Waals surface area contributed by atoms with Crippen molar-refractivity contribution in [3.8, 4) is 0 Å². The van der Waals surface area contributed by atoms with Crippen LogP contribution in [0.2, 0.25) is 0 Å². The first-order chi connectivity index (χ1) is 45.2. The summed E-state index contributed by atoms with van der Waals surface area (Å²) in [4.78, 5) is 33.8. The first-order valence-electron chi connectivity index (χ1n) is 30.6. The highest BCUT2D eigenvalue weighted by molar-refractivity contribution is 6.20. The summed E-state index contributed by atoms with van der Waals surface area (Å²) in [6.07, 6.45) is -34.0. The first-order valence-corrected chi connectivity index (χ1v) is 30.6. The van der Waals surface area contributed by atoms with E-state index in [-0.39, 0.29) is 37.6 Å². The molecule has 93 heavy (non-hydrogen) atoms. The maximum atomic E-state index is 13.8. The van der Waals surface area contributed by atoms with Crippen LogP contribution in [0, 0.1) is 0 Å². The fourth-order valence-corrected chi connectivity index (χ4v) is 13.8. The van der Waals surface area contributed by atoms with E-state index < -0.39 is 209 Å². The molecule has 33 nitrogen and oxygen atoms in total. The van der Waals surface area contributed by atoms with Gasteiger partial charge in [-0.1, -0.05) is 12.1 Å². The molecule has 0 saturated carbocycles. The van der Waals surface area contributed by atoms with Crippen LogP contribution in [0.15, 0.2) is 24.3 Å². The Balaban J connectivity index is 1.15. The molecular weight excluding hydrogens is 1250 g/mol. The Morgan fingerprint density at radius 3 is 0.710 bits per heavy atom. The number of methoxy groups -OCH3 is 16. The summed E-state index contributed by atoms with van der Waals surface area (Å²) < 4.78 is 180. The number of hydroxylamine groups is 2. The van der Waals surface area contributed by atoms with Crippen molar-refractivity contribution in [2.24, 2.45) is 0 Å². The van der Waals surface area contributed by atoms with E-state index in [0.717, 1.165) is 0 Å². The number of carbonyl (C=O) groups excluding carboxylic acids is 2. The summed E-state index contributed by atoms with van der Waals surface area (Å²) in [6.45, 7) is -1.52. The average Bonchev–Trinajstić information content (AvgIpc) is 1.30. The van der Waals surface area contributed by atoms with E-state index >= 15 is 0 Å². The molecule has 23 aliphatic heterocycles. The van der Waals surface area contributed by atoms with E-state index in [9.17, 15) is 14.7 Å². The highest BCUT2D eigenvalue weighted by Gasteiger charge is 2.61. The van der Waals surface area contributed by atoms with Gasteiger partial charge in [0.15, 0.2) is 37.7 Å². The molecule has 0 spiro atoms. The van der Waals surface area contributed by atoms with Gasteiger partial charge in [0.2, 0.25) is 0 Å². The minimum atomic E-state index is -1.47. The van der Waals surface area contributed by atoms with Crippen molar-refractivity contribution in [3.05, 3.63) is 35.4 Å². The predicted molar refractivity (Wildman–Crippen MR) is 308 cm³/mol. The molecule has 24 rings (SSSR count). The summed E-state index contributed by atoms with van der Waals surface area (Å²) in [5, 5.41) is 12.0. The third-order valence-corrected chi connectivity index (χ3v) is 18.2. The lowest BCUT2D eigenvalue weighted by molar-refractivity contribution is -0.410. The number of hydrogen-bond donors (Lipinski definition) is 1. The topological polar surface area (TPSA) is 325 Å². The summed E-state index contributed by atoms with van der Waals surface area (Å²) in [5.41, 5.74) is 0.254. The monoisotopic (exact) mass is 1340 g/mol. The Bertz CT molecular complexity index is 2410. The summed E-state index contributed by atoms with van der Waals surface area (Å²) in [6, 6.07) is 6.29. The van der Waals surface area contributed by atoms with E-state index in [1.165, 1.54) is 126 Å². The van der Waals surface area contributed by atoms with E-state index in [4.69, 9.17) is 137 Å². The van der Waals surface area contributed by atoms with E-state index in [2.05, 4.69) is 0 Å². The minimum Gasteiger partial charge on any atom is -0.394 e. The van der Waals surface area contributed by atoms with Crippen LogP contribution in [-0.2, 0) is 137 Å². The Morgan fingerprint density at radius 2 is 0.505 bits per heavy atom. The number of benzene rings is 1. The van der Waals surface area contributed by atoms with Gasteiger partial charge in [-0.15, -0.1) is 5.06 Å². The summed E-state index contributed by atoms with van der Waals surface area (Å²) in [5.74, 6) is -1.44. The highest BCUT2D eigenvalue weighted by atomic mass is 16.8. The third kappa shape index (κ3) is 15.2. The molecule has 0 radical (unpaired) electrons. The second-order valence-electron chi connectivity index (χ2n) is 23.0. The molecule has 30 atom stereocenters. The number of hydrogen-bond acceptors (Lipinski definition) is 32. The largest absolute Gasteiger partial charge is 0.394 e. The number of aliphatic hydroxyl groups is 1. The summed E-state index contributed by atoms with van der Waals surface area (Å²) in [7, 11) is 23.4. The van der Waals surface area contributed by atoms with Crippen LogP contribution in [-0.4, -0.2) is 360 Å². The van der Waals surface area contributed by atoms with Crippen molar-refractivity contribution in [1.29, 1.82) is 0 Å². The van der Waals surface area contributed by atoms with Gasteiger partial charge >= 0.3 is 0 Å². The predicted octanol–water partition coefficient (Wildman–Crippen LogP) is -1.35. The van der Waals surface area contributed by atoms with Crippen LogP contribution in [0.5, 0.6) is 0 Å². The molecule has 2 amide bonds. The van der Waals surface area contributed by atoms with Gasteiger partial charge in [-0.3, -0.25) is 14.4 Å². The Hall–Kier alpha value is -2.84. The van der Waals surface area contributed by atoms with Crippen molar-refractivity contribution < 1.29 is 152 Å². The van der Waals surface area contributed by atoms with Crippen LogP contribution in [0.25, 0.3) is 0 Å². The molecule has 12 bridgehead atoms. The maximum Gasteiger partial charge on any atom is 0.285 e. The molecule has 0 unspecified atom stereocenters. The molecule has 0 aliphatic carbocycles. The number of nitrogens with zero attached hydrogens (tertiary/aromatic N) is 1. The van der Waals surface area contributed by atoms with Crippen molar-refractivity contribution in [3.63, 3.8) is 0 Å². The Kier molecular flexibility index (Phi) is 27.8. The molecular formula is C60H95NO32. The molecule has 0 aromatic heterocycles. The zero-order chi connectivity index (χ0) is 66.8. The average molecular weight is 1340 g/mol. The molecule has 23 aliphatic rings. The number of imide groups is 1. The number of fused-ring (bicyclic) bond motifs is 1. The molecule has 1 aromatic carbocycles. The lowest BCUT2D eigenvalue weighted by Crippen LogP contribution is -2.70. The van der Waals surface area contributed by atoms with Crippen LogP contribution >= 0.6 is 0 Å². The van der Waals surface area contributed by atoms with E-state index in [1.54, 1.807) is 12.1 Å². The number of amides is 2. The van der Waals surface area contributed by atoms with Gasteiger partial charge in [0.25, 0.3) is 11.8 Å². The maximum absolute atomic E-state index is 13.8. The van der Waals surface area contributed by atoms with Crippen LogP contribution in [0.1, 0.15) is 20.7 Å². The quantitative estimate of drug-likeness (QED) is 0.117. The SMILES string of the molecule is COC[C@H]1O[C@@H]2O[C@H]3[C@H](OC)[C@@H](OC)[C@@H](O[C@H]4[C@H](OC)[C@@H](OC)[C@@H](O[C@H]5[C@H](OC)[C@@H](OC)[C@@H](O[C@H]6[C@H](OC)[C@@H](OC)[C@@H](O[C@H]7[C@H](OC)[C@@H](OC)[C@@H](O[C@H]1[C@H](OC)[C@H]2OC)O[C@@H]7CO)O[C@@H]6CON1C(=O)c2ccccc2C1=O)O[C@@H]5COC)O[C@@H]4COC)O[C@@H]3COC. The second-order valence-corrected chi connectivity index (χ2v) is 23.0. The zero-order valence-electron chi connectivity index (χ0n) is 55.4. The van der Waals surface area contributed by atoms with Gasteiger partial charge in [0, 0.05) is 114 Å². The molecule has 532 valence electrons. The van der Waals surface area contributed by atoms with Crippen molar-refractivity contribution in [1.82, 2.24) is 5.06 Å². The van der Waals surface area contributed by atoms with Gasteiger partial charge in [-0.25, -0.2) is 0 Å². The zero-order valence-corrected chi connectivity index (χ0v) is 55.4. The smallest absolute Gasteiger partial charge is 0.285 e. The van der Waals surface area contributed by atoms with Crippen molar-refractivity contribution in [2.75, 3.05) is 153 Å². The van der Waals surface area contributed by atoms with Crippen molar-refractivity contribution in [2.45, 2.75) is 184 Å². The van der Waals surface area contributed by atoms with Crippen molar-refractivity contribution >= 4 is 11.8 Å². The van der Waals surface area contributed by atoms with Gasteiger partial charge in [0.1, 0.15) is 153 Å². The highest BCUT2D eigenvalue weighted by Crippen LogP contribution is 2.42. The second kappa shape index (κ2) is 34.8. The van der Waals surface area contributed by atoms with Crippen LogP contribution in [0.4, 0.5) is 0 Å². The van der Waals surface area contributed by atoms with Gasteiger partial charge in [0.05, 0.1) is 44.2 Å². The molecule has 1 aromatic rings. The standard InChI is InChI=1S/C60H95NO32/c1-65-22-30-36-42(70-6)48(76-12)56(83-30)90-37-31(23-66-2)84-57(49(77-13)43(37)71-7)91-38-32(24-67-3)85-58(50(78-14)44(38)72-8)92-39-33(25-68-4)86-59(51(79-15)45(39)73-9)93-40-34(26-81-61-53(63)27-19-17-18-20-28(27)54(61)64)87-60(52(80-16)46(40)74-10)88-35-29(21-62)82-55(89-36)47(75-11)41(35)69-5/h17-20,29-52,55-60,62H,21-26H2,1-16H3/t29-,30-,31-,32-,33-,34-,35-,36-,37-,38-,39-,40-,41+,42+,43+,44+,45+,46+,47-,48-,49-,50-,51-,52-,55-,56-,57-,58-,59-,60-/m1/s1. The van der Waals surface area contributed by atoms with Crippen LogP contribution in [0.3, 0.4) is 0 Å². The van der Waals surface area contributed by atoms with Gasteiger partial charge < -0.3 is 138 Å². The third-order valence-electron chi connectivity index (χ3n) is 18.2.